The zero-order chi connectivity index (χ0) is 20.6. The minimum Gasteiger partial charge on any atom is -0.486 e. The van der Waals surface area contributed by atoms with Crippen LogP contribution in [0.5, 0.6) is 11.5 Å². The van der Waals surface area contributed by atoms with Crippen molar-refractivity contribution in [3.8, 4) is 11.5 Å². The maximum atomic E-state index is 13.0. The number of fused-ring (bicyclic) bond motifs is 2. The van der Waals surface area contributed by atoms with Crippen LogP contribution < -0.4 is 19.1 Å². The Morgan fingerprint density at radius 1 is 1.03 bits per heavy atom. The van der Waals surface area contributed by atoms with Crippen LogP contribution in [0.3, 0.4) is 0 Å². The van der Waals surface area contributed by atoms with Gasteiger partial charge in [0.25, 0.3) is 0 Å². The van der Waals surface area contributed by atoms with Crippen molar-refractivity contribution in [1.29, 1.82) is 0 Å². The lowest BCUT2D eigenvalue weighted by Crippen LogP contribution is -2.37. The zero-order valence-corrected chi connectivity index (χ0v) is 17.9. The zero-order valence-electron chi connectivity index (χ0n) is 16.3. The number of para-hydroxylation sites is 1. The van der Waals surface area contributed by atoms with Crippen LogP contribution >= 0.6 is 11.3 Å². The molecule has 30 heavy (non-hydrogen) atoms. The maximum absolute atomic E-state index is 13.0. The van der Waals surface area contributed by atoms with Crippen molar-refractivity contribution in [1.82, 2.24) is 4.72 Å². The molecular formula is C22H22N2O4S2. The number of hydrogen-bond acceptors (Lipinski definition) is 6. The Morgan fingerprint density at radius 3 is 2.70 bits per heavy atom. The van der Waals surface area contributed by atoms with Gasteiger partial charge in [-0.1, -0.05) is 24.3 Å². The third kappa shape index (κ3) is 3.66. The van der Waals surface area contributed by atoms with Crippen molar-refractivity contribution in [2.75, 3.05) is 31.2 Å². The van der Waals surface area contributed by atoms with Crippen molar-refractivity contribution in [2.45, 2.75) is 17.4 Å². The lowest BCUT2D eigenvalue weighted by Gasteiger charge is -2.30. The van der Waals surface area contributed by atoms with Crippen LogP contribution in [0.1, 0.15) is 16.5 Å². The van der Waals surface area contributed by atoms with Crippen LogP contribution in [0.4, 0.5) is 5.69 Å². The monoisotopic (exact) mass is 442 g/mol. The van der Waals surface area contributed by atoms with E-state index < -0.39 is 10.0 Å². The smallest absolute Gasteiger partial charge is 0.240 e. The molecule has 156 valence electrons. The number of ether oxygens (including phenoxy) is 2. The van der Waals surface area contributed by atoms with Gasteiger partial charge in [-0.2, -0.15) is 0 Å². The first-order chi connectivity index (χ1) is 14.6. The summed E-state index contributed by atoms with van der Waals surface area (Å²) < 4.78 is 39.9. The summed E-state index contributed by atoms with van der Waals surface area (Å²) in [6.07, 6.45) is 0.965. The Labute approximate surface area is 180 Å². The Kier molecular flexibility index (Phi) is 5.14. The van der Waals surface area contributed by atoms with Gasteiger partial charge in [0.2, 0.25) is 10.0 Å². The van der Waals surface area contributed by atoms with Gasteiger partial charge in [0.15, 0.2) is 11.5 Å². The molecule has 2 aliphatic rings. The third-order valence-electron chi connectivity index (χ3n) is 5.46. The molecule has 5 rings (SSSR count). The van der Waals surface area contributed by atoms with E-state index in [9.17, 15) is 8.42 Å². The Bertz CT molecular complexity index is 1150. The number of nitrogens with zero attached hydrogens (tertiary/aromatic N) is 1. The fourth-order valence-corrected chi connectivity index (χ4v) is 5.89. The minimum absolute atomic E-state index is 0.0689. The number of nitrogens with one attached hydrogen (secondary N) is 1. The second-order valence-electron chi connectivity index (χ2n) is 7.26. The summed E-state index contributed by atoms with van der Waals surface area (Å²) in [5.74, 6) is 1.04. The van der Waals surface area contributed by atoms with Gasteiger partial charge in [-0.3, -0.25) is 0 Å². The summed E-state index contributed by atoms with van der Waals surface area (Å²) >= 11 is 1.64. The highest BCUT2D eigenvalue weighted by atomic mass is 32.2. The van der Waals surface area contributed by atoms with E-state index in [-0.39, 0.29) is 17.5 Å². The topological polar surface area (TPSA) is 67.9 Å². The lowest BCUT2D eigenvalue weighted by molar-refractivity contribution is 0.171. The molecular weight excluding hydrogens is 420 g/mol. The summed E-state index contributed by atoms with van der Waals surface area (Å²) in [5.41, 5.74) is 2.48. The van der Waals surface area contributed by atoms with E-state index in [4.69, 9.17) is 9.47 Å². The first-order valence-electron chi connectivity index (χ1n) is 9.89. The first kappa shape index (κ1) is 19.4. The van der Waals surface area contributed by atoms with Gasteiger partial charge in [0.1, 0.15) is 13.2 Å². The van der Waals surface area contributed by atoms with Crippen LogP contribution in [0.2, 0.25) is 0 Å². The molecule has 1 atom stereocenters. The first-order valence-corrected chi connectivity index (χ1v) is 12.3. The van der Waals surface area contributed by atoms with Crippen LogP contribution in [-0.2, 0) is 16.4 Å². The Hall–Kier alpha value is -2.55. The van der Waals surface area contributed by atoms with E-state index in [0.717, 1.165) is 17.8 Å². The number of rotatable bonds is 6. The van der Waals surface area contributed by atoms with Gasteiger partial charge in [0, 0.05) is 29.7 Å². The molecule has 0 unspecified atom stereocenters. The van der Waals surface area contributed by atoms with E-state index >= 15 is 0 Å². The molecule has 0 bridgehead atoms. The predicted molar refractivity (Wildman–Crippen MR) is 117 cm³/mol. The summed E-state index contributed by atoms with van der Waals surface area (Å²) in [4.78, 5) is 3.61. The molecule has 0 fully saturated rings. The molecule has 0 radical (unpaired) electrons. The molecule has 3 heterocycles. The lowest BCUT2D eigenvalue weighted by atomic mass is 10.1. The summed E-state index contributed by atoms with van der Waals surface area (Å²) in [6, 6.07) is 17.1. The fourth-order valence-electron chi connectivity index (χ4n) is 4.00. The number of sulfonamides is 1. The highest BCUT2D eigenvalue weighted by Gasteiger charge is 2.29. The number of hydrogen-bond donors (Lipinski definition) is 1. The summed E-state index contributed by atoms with van der Waals surface area (Å²) in [5, 5.41) is 2.03. The molecule has 0 saturated heterocycles. The van der Waals surface area contributed by atoms with Gasteiger partial charge in [-0.25, -0.2) is 13.1 Å². The number of benzene rings is 2. The van der Waals surface area contributed by atoms with E-state index in [1.165, 1.54) is 17.3 Å². The van der Waals surface area contributed by atoms with Crippen molar-refractivity contribution in [2.24, 2.45) is 0 Å². The summed E-state index contributed by atoms with van der Waals surface area (Å²) in [7, 11) is -3.69. The highest BCUT2D eigenvalue weighted by Crippen LogP contribution is 2.37. The van der Waals surface area contributed by atoms with E-state index in [1.807, 2.05) is 23.6 Å². The second kappa shape index (κ2) is 7.94. The van der Waals surface area contributed by atoms with Crippen LogP contribution in [0, 0.1) is 0 Å². The van der Waals surface area contributed by atoms with Gasteiger partial charge < -0.3 is 14.4 Å². The fraction of sp³-hybridized carbons (Fsp3) is 0.273. The SMILES string of the molecule is O=S(=O)(NC[C@H](c1cccs1)N1CCc2ccccc21)c1ccc2c(c1)OCCO2. The molecule has 3 aromatic rings. The molecule has 6 nitrogen and oxygen atoms in total. The molecule has 0 saturated carbocycles. The normalized spacial score (nSPS) is 16.3. The van der Waals surface area contributed by atoms with Crippen molar-refractivity contribution >= 4 is 27.0 Å². The Balaban J connectivity index is 1.40. The van der Waals surface area contributed by atoms with Gasteiger partial charge >= 0.3 is 0 Å². The maximum Gasteiger partial charge on any atom is 0.240 e. The van der Waals surface area contributed by atoms with E-state index in [2.05, 4.69) is 27.8 Å². The van der Waals surface area contributed by atoms with Gasteiger partial charge in [-0.05, 0) is 41.6 Å². The Morgan fingerprint density at radius 2 is 1.87 bits per heavy atom. The van der Waals surface area contributed by atoms with Crippen molar-refractivity contribution in [3.05, 3.63) is 70.4 Å². The molecule has 0 aliphatic carbocycles. The van der Waals surface area contributed by atoms with Crippen molar-refractivity contribution in [3.63, 3.8) is 0 Å². The van der Waals surface area contributed by atoms with Crippen LogP contribution in [0.15, 0.2) is 64.9 Å². The van der Waals surface area contributed by atoms with E-state index in [1.54, 1.807) is 23.5 Å². The van der Waals surface area contributed by atoms with Crippen LogP contribution in [0.25, 0.3) is 0 Å². The number of thiophene rings is 1. The van der Waals surface area contributed by atoms with Gasteiger partial charge in [-0.15, -0.1) is 11.3 Å². The molecule has 0 spiro atoms. The molecule has 8 heteroatoms. The molecule has 0 amide bonds. The second-order valence-corrected chi connectivity index (χ2v) is 10.0. The predicted octanol–water partition coefficient (Wildman–Crippen LogP) is 3.60. The van der Waals surface area contributed by atoms with Crippen molar-refractivity contribution < 1.29 is 17.9 Å². The van der Waals surface area contributed by atoms with Gasteiger partial charge in [0.05, 0.1) is 10.9 Å². The molecule has 2 aliphatic heterocycles. The summed E-state index contributed by atoms with van der Waals surface area (Å²) in [6.45, 7) is 2.04. The highest BCUT2D eigenvalue weighted by molar-refractivity contribution is 7.89. The molecule has 1 N–H and O–H groups in total. The largest absolute Gasteiger partial charge is 0.486 e. The number of anilines is 1. The van der Waals surface area contributed by atoms with E-state index in [0.29, 0.717) is 24.7 Å². The quantitative estimate of drug-likeness (QED) is 0.632. The minimum atomic E-state index is -3.69. The standard InChI is InChI=1S/C22H22N2O4S2/c25-30(26,17-7-8-20-21(14-17)28-12-11-27-20)23-15-19(22-6-3-13-29-22)24-10-9-16-4-1-2-5-18(16)24/h1-8,13-14,19,23H,9-12,15H2/t19-/m1/s1. The average Bonchev–Trinajstić information content (AvgIpc) is 3.45. The molecule has 1 aromatic heterocycles. The third-order valence-corrected chi connectivity index (χ3v) is 7.86. The van der Waals surface area contributed by atoms with Crippen LogP contribution in [-0.4, -0.2) is 34.7 Å². The molecule has 2 aromatic carbocycles. The average molecular weight is 443 g/mol.